The topological polar surface area (TPSA) is 73.4 Å². The molecule has 1 N–H and O–H groups in total. The van der Waals surface area contributed by atoms with E-state index in [0.717, 1.165) is 6.42 Å². The number of aromatic amines is 1. The lowest BCUT2D eigenvalue weighted by atomic mass is 10.5. The molecular weight excluding hydrogens is 200 g/mol. The average molecular weight is 214 g/mol. The summed E-state index contributed by atoms with van der Waals surface area (Å²) in [6.07, 6.45) is 2.00. The zero-order valence-corrected chi connectivity index (χ0v) is 8.78. The van der Waals surface area contributed by atoms with Crippen LogP contribution in [-0.4, -0.2) is 37.4 Å². The summed E-state index contributed by atoms with van der Waals surface area (Å²) in [5.74, 6) is 0.298. The molecule has 0 aliphatic rings. The molecule has 0 saturated heterocycles. The third-order valence-corrected chi connectivity index (χ3v) is 1.71. The smallest absolute Gasteiger partial charge is 0.297 e. The van der Waals surface area contributed by atoms with Gasteiger partial charge in [-0.15, -0.1) is 0 Å². The fourth-order valence-electron chi connectivity index (χ4n) is 1.03. The van der Waals surface area contributed by atoms with Gasteiger partial charge < -0.3 is 19.2 Å². The molecule has 0 spiro atoms. The highest BCUT2D eigenvalue weighted by Crippen LogP contribution is 2.17. The van der Waals surface area contributed by atoms with Gasteiger partial charge in [-0.05, 0) is 0 Å². The lowest BCUT2D eigenvalue weighted by Crippen LogP contribution is -2.13. The van der Waals surface area contributed by atoms with Crippen molar-refractivity contribution in [2.24, 2.45) is 0 Å². The van der Waals surface area contributed by atoms with Gasteiger partial charge in [0.1, 0.15) is 0 Å². The van der Waals surface area contributed by atoms with Gasteiger partial charge in [-0.3, -0.25) is 4.79 Å². The lowest BCUT2D eigenvalue weighted by molar-refractivity contribution is 0.168. The van der Waals surface area contributed by atoms with Gasteiger partial charge in [0.2, 0.25) is 5.75 Å². The van der Waals surface area contributed by atoms with Crippen molar-refractivity contribution in [2.75, 3.05) is 27.4 Å². The molecule has 6 heteroatoms. The number of aromatic nitrogens is 2. The van der Waals surface area contributed by atoms with Crippen LogP contribution in [0.1, 0.15) is 6.42 Å². The number of hydrogen-bond acceptors (Lipinski definition) is 5. The molecular formula is C9H14N2O4. The van der Waals surface area contributed by atoms with Crippen LogP contribution >= 0.6 is 0 Å². The molecule has 1 aromatic rings. The van der Waals surface area contributed by atoms with Gasteiger partial charge in [0.05, 0.1) is 20.0 Å². The van der Waals surface area contributed by atoms with E-state index in [1.165, 1.54) is 13.4 Å². The Morgan fingerprint density at radius 2 is 2.20 bits per heavy atom. The van der Waals surface area contributed by atoms with Gasteiger partial charge in [0, 0.05) is 20.1 Å². The van der Waals surface area contributed by atoms with Crippen LogP contribution in [-0.2, 0) is 4.74 Å². The SMILES string of the molecule is COCCCOc1nc[nH]c(=O)c1OC. The Morgan fingerprint density at radius 1 is 1.40 bits per heavy atom. The minimum Gasteiger partial charge on any atom is -0.487 e. The molecule has 0 radical (unpaired) electrons. The van der Waals surface area contributed by atoms with Crippen LogP contribution in [0.4, 0.5) is 0 Å². The molecule has 0 unspecified atom stereocenters. The van der Waals surface area contributed by atoms with E-state index in [2.05, 4.69) is 9.97 Å². The summed E-state index contributed by atoms with van der Waals surface area (Å²) in [5.41, 5.74) is -0.353. The number of methoxy groups -OCH3 is 2. The third kappa shape index (κ3) is 3.25. The van der Waals surface area contributed by atoms with Crippen LogP contribution in [0.15, 0.2) is 11.1 Å². The maximum absolute atomic E-state index is 11.2. The Kier molecular flexibility index (Phi) is 4.62. The van der Waals surface area contributed by atoms with Gasteiger partial charge in [0.15, 0.2) is 0 Å². The quantitative estimate of drug-likeness (QED) is 0.684. The van der Waals surface area contributed by atoms with Gasteiger partial charge in [0.25, 0.3) is 11.4 Å². The van der Waals surface area contributed by atoms with Gasteiger partial charge in [-0.2, -0.15) is 0 Å². The molecule has 6 nitrogen and oxygen atoms in total. The molecule has 15 heavy (non-hydrogen) atoms. The molecule has 0 aliphatic carbocycles. The minimum atomic E-state index is -0.353. The molecule has 0 amide bonds. The first-order valence-electron chi connectivity index (χ1n) is 4.53. The van der Waals surface area contributed by atoms with E-state index >= 15 is 0 Å². The molecule has 0 aliphatic heterocycles. The number of ether oxygens (including phenoxy) is 3. The fourth-order valence-corrected chi connectivity index (χ4v) is 1.03. The summed E-state index contributed by atoms with van der Waals surface area (Å²) < 4.78 is 15.0. The fraction of sp³-hybridized carbons (Fsp3) is 0.556. The molecule has 0 aromatic carbocycles. The minimum absolute atomic E-state index is 0.0925. The Hall–Kier alpha value is -1.56. The average Bonchev–Trinajstić information content (AvgIpc) is 2.24. The van der Waals surface area contributed by atoms with Crippen LogP contribution in [0.2, 0.25) is 0 Å². The predicted octanol–water partition coefficient (Wildman–Crippen LogP) is 0.194. The van der Waals surface area contributed by atoms with Crippen LogP contribution < -0.4 is 15.0 Å². The number of nitrogens with zero attached hydrogens (tertiary/aromatic N) is 1. The summed E-state index contributed by atoms with van der Waals surface area (Å²) in [5, 5.41) is 0. The Bertz CT molecular complexity index is 350. The van der Waals surface area contributed by atoms with E-state index in [4.69, 9.17) is 14.2 Å². The van der Waals surface area contributed by atoms with E-state index in [0.29, 0.717) is 13.2 Å². The number of hydrogen-bond donors (Lipinski definition) is 1. The summed E-state index contributed by atoms with van der Waals surface area (Å²) in [4.78, 5) is 17.5. The molecule has 0 atom stereocenters. The second-order valence-electron chi connectivity index (χ2n) is 2.76. The van der Waals surface area contributed by atoms with Crippen molar-refractivity contribution >= 4 is 0 Å². The molecule has 1 heterocycles. The van der Waals surface area contributed by atoms with E-state index in [1.807, 2.05) is 0 Å². The molecule has 0 fully saturated rings. The Labute approximate surface area is 87.2 Å². The van der Waals surface area contributed by atoms with Crippen molar-refractivity contribution in [1.29, 1.82) is 0 Å². The standard InChI is InChI=1S/C9H14N2O4/c1-13-4-3-5-15-9-7(14-2)8(12)10-6-11-9/h6H,3-5H2,1-2H3,(H,10,11,12). The van der Waals surface area contributed by atoms with Gasteiger partial charge >= 0.3 is 0 Å². The first-order valence-corrected chi connectivity index (χ1v) is 4.53. The van der Waals surface area contributed by atoms with E-state index < -0.39 is 0 Å². The maximum atomic E-state index is 11.2. The van der Waals surface area contributed by atoms with Crippen LogP contribution in [0.3, 0.4) is 0 Å². The van der Waals surface area contributed by atoms with E-state index in [1.54, 1.807) is 7.11 Å². The summed E-state index contributed by atoms with van der Waals surface area (Å²) >= 11 is 0. The second kappa shape index (κ2) is 6.02. The summed E-state index contributed by atoms with van der Waals surface area (Å²) in [6, 6.07) is 0. The van der Waals surface area contributed by atoms with Gasteiger partial charge in [-0.25, -0.2) is 4.98 Å². The highest BCUT2D eigenvalue weighted by Gasteiger charge is 2.09. The molecule has 0 bridgehead atoms. The largest absolute Gasteiger partial charge is 0.487 e. The maximum Gasteiger partial charge on any atom is 0.297 e. The van der Waals surface area contributed by atoms with Crippen molar-refractivity contribution in [1.82, 2.24) is 9.97 Å². The molecule has 0 saturated carbocycles. The zero-order valence-electron chi connectivity index (χ0n) is 8.78. The second-order valence-corrected chi connectivity index (χ2v) is 2.76. The van der Waals surface area contributed by atoms with E-state index in [-0.39, 0.29) is 17.2 Å². The lowest BCUT2D eigenvalue weighted by Gasteiger charge is -2.07. The van der Waals surface area contributed by atoms with Crippen molar-refractivity contribution < 1.29 is 14.2 Å². The van der Waals surface area contributed by atoms with Gasteiger partial charge in [-0.1, -0.05) is 0 Å². The Morgan fingerprint density at radius 3 is 2.87 bits per heavy atom. The summed E-state index contributed by atoms with van der Waals surface area (Å²) in [6.45, 7) is 1.03. The first-order chi connectivity index (χ1) is 7.29. The normalized spacial score (nSPS) is 10.0. The number of nitrogens with one attached hydrogen (secondary N) is 1. The Balaban J connectivity index is 2.60. The third-order valence-electron chi connectivity index (χ3n) is 1.71. The van der Waals surface area contributed by atoms with Crippen molar-refractivity contribution in [3.63, 3.8) is 0 Å². The van der Waals surface area contributed by atoms with Crippen molar-refractivity contribution in [3.8, 4) is 11.6 Å². The predicted molar refractivity (Wildman–Crippen MR) is 53.4 cm³/mol. The summed E-state index contributed by atoms with van der Waals surface area (Å²) in [7, 11) is 3.01. The van der Waals surface area contributed by atoms with Crippen molar-refractivity contribution in [2.45, 2.75) is 6.42 Å². The van der Waals surface area contributed by atoms with Crippen LogP contribution in [0, 0.1) is 0 Å². The van der Waals surface area contributed by atoms with E-state index in [9.17, 15) is 4.79 Å². The molecule has 1 aromatic heterocycles. The number of H-pyrrole nitrogens is 1. The first kappa shape index (κ1) is 11.5. The monoisotopic (exact) mass is 214 g/mol. The molecule has 1 rings (SSSR count). The number of rotatable bonds is 6. The highest BCUT2D eigenvalue weighted by molar-refractivity contribution is 5.29. The van der Waals surface area contributed by atoms with Crippen LogP contribution in [0.25, 0.3) is 0 Å². The zero-order chi connectivity index (χ0) is 11.1. The molecule has 84 valence electrons. The van der Waals surface area contributed by atoms with Crippen LogP contribution in [0.5, 0.6) is 11.6 Å². The highest BCUT2D eigenvalue weighted by atomic mass is 16.5. The van der Waals surface area contributed by atoms with Crippen molar-refractivity contribution in [3.05, 3.63) is 16.7 Å².